The normalized spacial score (nSPS) is 21.0. The predicted octanol–water partition coefficient (Wildman–Crippen LogP) is 1.02. The summed E-state index contributed by atoms with van der Waals surface area (Å²) in [6.45, 7) is 3.89. The lowest BCUT2D eigenvalue weighted by atomic mass is 10.2. The van der Waals surface area contributed by atoms with Gasteiger partial charge < -0.3 is 14.8 Å². The average Bonchev–Trinajstić information content (AvgIpc) is 3.17. The Kier molecular flexibility index (Phi) is 4.16. The highest BCUT2D eigenvalue weighted by Gasteiger charge is 2.51. The van der Waals surface area contributed by atoms with E-state index in [-0.39, 0.29) is 18.6 Å². The van der Waals surface area contributed by atoms with Crippen LogP contribution in [-0.4, -0.2) is 30.1 Å². The molecule has 2 atom stereocenters. The number of hydrogen-bond acceptors (Lipinski definition) is 4. The molecule has 1 aliphatic rings. The number of carbonyl (C=O) groups excluding carboxylic acids is 2. The summed E-state index contributed by atoms with van der Waals surface area (Å²) < 4.78 is 10.1. The molecule has 1 saturated heterocycles. The fourth-order valence-electron chi connectivity index (χ4n) is 1.67. The first-order chi connectivity index (χ1) is 9.08. The van der Waals surface area contributed by atoms with Gasteiger partial charge in [-0.1, -0.05) is 30.3 Å². The Hall–Kier alpha value is -1.88. The molecule has 102 valence electrons. The largest absolute Gasteiger partial charge is 0.459 e. The van der Waals surface area contributed by atoms with Crippen molar-refractivity contribution in [1.29, 1.82) is 0 Å². The van der Waals surface area contributed by atoms with Gasteiger partial charge >= 0.3 is 5.97 Å². The minimum absolute atomic E-state index is 0.0256. The van der Waals surface area contributed by atoms with Crippen molar-refractivity contribution in [2.45, 2.75) is 38.7 Å². The number of nitrogens with one attached hydrogen (secondary N) is 1. The second-order valence-electron chi connectivity index (χ2n) is 4.73. The van der Waals surface area contributed by atoms with Crippen molar-refractivity contribution in [3.05, 3.63) is 35.9 Å². The molecule has 19 heavy (non-hydrogen) atoms. The first-order valence-corrected chi connectivity index (χ1v) is 6.24. The number of carbonyl (C=O) groups is 2. The standard InChI is InChI=1S/C14H17NO4/c1-9(2)15-13(16)11-12(19-11)14(17)18-8-10-6-4-3-5-7-10/h3-7,9,11-12H,8H2,1-2H3,(H,15,16). The zero-order chi connectivity index (χ0) is 13.8. The summed E-state index contributed by atoms with van der Waals surface area (Å²) in [4.78, 5) is 23.2. The summed E-state index contributed by atoms with van der Waals surface area (Å²) in [5.41, 5.74) is 0.902. The topological polar surface area (TPSA) is 67.9 Å². The quantitative estimate of drug-likeness (QED) is 0.636. The molecule has 5 nitrogen and oxygen atoms in total. The highest BCUT2D eigenvalue weighted by atomic mass is 16.6. The molecule has 1 heterocycles. The van der Waals surface area contributed by atoms with Crippen molar-refractivity contribution >= 4 is 11.9 Å². The lowest BCUT2D eigenvalue weighted by molar-refractivity contribution is -0.146. The third-order valence-electron chi connectivity index (χ3n) is 2.64. The van der Waals surface area contributed by atoms with Crippen molar-refractivity contribution in [3.8, 4) is 0 Å². The van der Waals surface area contributed by atoms with E-state index in [1.165, 1.54) is 0 Å². The van der Waals surface area contributed by atoms with Crippen LogP contribution in [0.25, 0.3) is 0 Å². The Morgan fingerprint density at radius 3 is 2.58 bits per heavy atom. The minimum Gasteiger partial charge on any atom is -0.459 e. The van der Waals surface area contributed by atoms with E-state index >= 15 is 0 Å². The van der Waals surface area contributed by atoms with Gasteiger partial charge in [0.05, 0.1) is 0 Å². The number of amides is 1. The fourth-order valence-corrected chi connectivity index (χ4v) is 1.67. The van der Waals surface area contributed by atoms with Crippen molar-refractivity contribution < 1.29 is 19.1 Å². The van der Waals surface area contributed by atoms with Gasteiger partial charge in [0.1, 0.15) is 6.61 Å². The van der Waals surface area contributed by atoms with Crippen molar-refractivity contribution in [3.63, 3.8) is 0 Å². The fraction of sp³-hybridized carbons (Fsp3) is 0.429. The number of epoxide rings is 1. The second kappa shape index (κ2) is 5.84. The monoisotopic (exact) mass is 263 g/mol. The smallest absolute Gasteiger partial charge is 0.338 e. The summed E-state index contributed by atoms with van der Waals surface area (Å²) in [6, 6.07) is 9.39. The zero-order valence-corrected chi connectivity index (χ0v) is 11.0. The average molecular weight is 263 g/mol. The van der Waals surface area contributed by atoms with E-state index in [4.69, 9.17) is 9.47 Å². The van der Waals surface area contributed by atoms with E-state index in [0.29, 0.717) is 0 Å². The molecule has 1 N–H and O–H groups in total. The van der Waals surface area contributed by atoms with Crippen LogP contribution in [-0.2, 0) is 25.7 Å². The molecule has 0 spiro atoms. The van der Waals surface area contributed by atoms with Gasteiger partial charge in [-0.25, -0.2) is 4.79 Å². The maximum absolute atomic E-state index is 11.7. The Labute approximate surface area is 111 Å². The number of benzene rings is 1. The lowest BCUT2D eigenvalue weighted by Gasteiger charge is -2.05. The molecular weight excluding hydrogens is 246 g/mol. The van der Waals surface area contributed by atoms with Gasteiger partial charge in [-0.2, -0.15) is 0 Å². The Morgan fingerprint density at radius 1 is 1.26 bits per heavy atom. The summed E-state index contributed by atoms with van der Waals surface area (Å²) in [6.07, 6.45) is -1.46. The number of esters is 1. The highest BCUT2D eigenvalue weighted by molar-refractivity contribution is 5.92. The Morgan fingerprint density at radius 2 is 1.95 bits per heavy atom. The molecule has 1 aromatic carbocycles. The third kappa shape index (κ3) is 3.79. The zero-order valence-electron chi connectivity index (χ0n) is 11.0. The second-order valence-corrected chi connectivity index (χ2v) is 4.73. The lowest BCUT2D eigenvalue weighted by Crippen LogP contribution is -2.35. The van der Waals surface area contributed by atoms with Crippen LogP contribution in [0.4, 0.5) is 0 Å². The molecule has 2 unspecified atom stereocenters. The van der Waals surface area contributed by atoms with Crippen LogP contribution in [0.5, 0.6) is 0 Å². The maximum atomic E-state index is 11.7. The van der Waals surface area contributed by atoms with Gasteiger partial charge in [-0.05, 0) is 19.4 Å². The number of hydrogen-bond donors (Lipinski definition) is 1. The van der Waals surface area contributed by atoms with E-state index in [1.54, 1.807) is 0 Å². The molecule has 1 amide bonds. The van der Waals surface area contributed by atoms with Gasteiger partial charge in [0.25, 0.3) is 5.91 Å². The number of ether oxygens (including phenoxy) is 2. The molecular formula is C14H17NO4. The first-order valence-electron chi connectivity index (χ1n) is 6.24. The molecule has 1 aromatic rings. The van der Waals surface area contributed by atoms with Crippen LogP contribution in [0, 0.1) is 0 Å². The van der Waals surface area contributed by atoms with Gasteiger partial charge in [0.15, 0.2) is 12.2 Å². The SMILES string of the molecule is CC(C)NC(=O)C1OC1C(=O)OCc1ccccc1. The van der Waals surface area contributed by atoms with Crippen LogP contribution < -0.4 is 5.32 Å². The van der Waals surface area contributed by atoms with Crippen molar-refractivity contribution in [1.82, 2.24) is 5.32 Å². The van der Waals surface area contributed by atoms with E-state index in [9.17, 15) is 9.59 Å². The van der Waals surface area contributed by atoms with Crippen molar-refractivity contribution in [2.75, 3.05) is 0 Å². The molecule has 0 bridgehead atoms. The third-order valence-corrected chi connectivity index (χ3v) is 2.64. The van der Waals surface area contributed by atoms with E-state index in [2.05, 4.69) is 5.32 Å². The molecule has 2 rings (SSSR count). The van der Waals surface area contributed by atoms with Crippen molar-refractivity contribution in [2.24, 2.45) is 0 Å². The Bertz CT molecular complexity index is 458. The molecule has 1 aliphatic heterocycles. The van der Waals surface area contributed by atoms with E-state index in [1.807, 2.05) is 44.2 Å². The molecule has 0 radical (unpaired) electrons. The molecule has 1 fully saturated rings. The van der Waals surface area contributed by atoms with E-state index in [0.717, 1.165) is 5.56 Å². The van der Waals surface area contributed by atoms with Crippen LogP contribution >= 0.6 is 0 Å². The minimum atomic E-state index is -0.762. The molecule has 0 aliphatic carbocycles. The molecule has 5 heteroatoms. The highest BCUT2D eigenvalue weighted by Crippen LogP contribution is 2.24. The summed E-state index contributed by atoms with van der Waals surface area (Å²) in [7, 11) is 0. The van der Waals surface area contributed by atoms with E-state index < -0.39 is 18.2 Å². The van der Waals surface area contributed by atoms with Gasteiger partial charge in [0, 0.05) is 6.04 Å². The number of rotatable bonds is 5. The van der Waals surface area contributed by atoms with Crippen LogP contribution in [0.3, 0.4) is 0 Å². The molecule has 0 aromatic heterocycles. The molecule has 0 saturated carbocycles. The summed E-state index contributed by atoms with van der Waals surface area (Å²) >= 11 is 0. The summed E-state index contributed by atoms with van der Waals surface area (Å²) in [5, 5.41) is 2.69. The van der Waals surface area contributed by atoms with Gasteiger partial charge in [0.2, 0.25) is 0 Å². The predicted molar refractivity (Wildman–Crippen MR) is 68.2 cm³/mol. The van der Waals surface area contributed by atoms with Crippen LogP contribution in [0.1, 0.15) is 19.4 Å². The maximum Gasteiger partial charge on any atom is 0.338 e. The van der Waals surface area contributed by atoms with Gasteiger partial charge in [-0.3, -0.25) is 4.79 Å². The first kappa shape index (κ1) is 13.5. The Balaban J connectivity index is 1.76. The van der Waals surface area contributed by atoms with Crippen LogP contribution in [0.15, 0.2) is 30.3 Å². The summed E-state index contributed by atoms with van der Waals surface area (Å²) in [5.74, 6) is -0.760. The van der Waals surface area contributed by atoms with Crippen LogP contribution in [0.2, 0.25) is 0 Å². The van der Waals surface area contributed by atoms with Gasteiger partial charge in [-0.15, -0.1) is 0 Å².